The molecule has 23 heavy (non-hydrogen) atoms. The molecule has 1 atom stereocenters. The molecule has 4 heteroatoms. The van der Waals surface area contributed by atoms with Gasteiger partial charge in [-0.3, -0.25) is 5.32 Å². The number of hydrogen-bond acceptors (Lipinski definition) is 3. The molecule has 0 fully saturated rings. The molecule has 2 aromatic carbocycles. The Labute approximate surface area is 136 Å². The minimum atomic E-state index is -0.569. The van der Waals surface area contributed by atoms with Gasteiger partial charge in [-0.15, -0.1) is 0 Å². The third kappa shape index (κ3) is 5.49. The van der Waals surface area contributed by atoms with Crippen molar-refractivity contribution in [2.75, 3.05) is 0 Å². The number of rotatable bonds is 5. The van der Waals surface area contributed by atoms with Crippen LogP contribution in [0.1, 0.15) is 37.9 Å². The van der Waals surface area contributed by atoms with E-state index in [0.717, 1.165) is 11.1 Å². The lowest BCUT2D eigenvalue weighted by Gasteiger charge is -2.25. The molecular weight excluding hydrogens is 293 g/mol. The van der Waals surface area contributed by atoms with Crippen LogP contribution in [-0.2, 0) is 16.1 Å². The van der Waals surface area contributed by atoms with Gasteiger partial charge >= 0.3 is 5.97 Å². The van der Waals surface area contributed by atoms with E-state index >= 15 is 0 Å². The molecule has 0 saturated carbocycles. The van der Waals surface area contributed by atoms with E-state index in [1.165, 1.54) is 12.1 Å². The van der Waals surface area contributed by atoms with Crippen LogP contribution in [0, 0.1) is 5.82 Å². The van der Waals surface area contributed by atoms with E-state index in [0.29, 0.717) is 6.54 Å². The minimum absolute atomic E-state index is 0.277. The summed E-state index contributed by atoms with van der Waals surface area (Å²) < 4.78 is 18.5. The number of esters is 1. The monoisotopic (exact) mass is 315 g/mol. The molecule has 0 aromatic heterocycles. The van der Waals surface area contributed by atoms with Crippen molar-refractivity contribution in [3.05, 3.63) is 71.5 Å². The van der Waals surface area contributed by atoms with Crippen LogP contribution in [0.25, 0.3) is 0 Å². The number of hydrogen-bond donors (Lipinski definition) is 1. The summed E-state index contributed by atoms with van der Waals surface area (Å²) in [6.07, 6.45) is 0. The van der Waals surface area contributed by atoms with E-state index in [-0.39, 0.29) is 11.8 Å². The van der Waals surface area contributed by atoms with E-state index in [1.54, 1.807) is 12.1 Å². The Morgan fingerprint density at radius 1 is 1.09 bits per heavy atom. The summed E-state index contributed by atoms with van der Waals surface area (Å²) in [5.41, 5.74) is 1.18. The summed E-state index contributed by atoms with van der Waals surface area (Å²) in [5.74, 6) is -0.605. The molecule has 122 valence electrons. The summed E-state index contributed by atoms with van der Waals surface area (Å²) in [4.78, 5) is 12.5. The van der Waals surface area contributed by atoms with Gasteiger partial charge in [-0.25, -0.2) is 9.18 Å². The smallest absolute Gasteiger partial charge is 0.328 e. The van der Waals surface area contributed by atoms with Crippen LogP contribution in [0.4, 0.5) is 4.39 Å². The largest absolute Gasteiger partial charge is 0.459 e. The highest BCUT2D eigenvalue weighted by Gasteiger charge is 2.26. The first-order valence-corrected chi connectivity index (χ1v) is 7.61. The second-order valence-electron chi connectivity index (χ2n) is 6.38. The normalized spacial score (nSPS) is 12.7. The summed E-state index contributed by atoms with van der Waals surface area (Å²) in [7, 11) is 0. The Bertz CT molecular complexity index is 633. The van der Waals surface area contributed by atoms with Crippen molar-refractivity contribution in [1.82, 2.24) is 5.32 Å². The van der Waals surface area contributed by atoms with Crippen LogP contribution in [-0.4, -0.2) is 11.6 Å². The van der Waals surface area contributed by atoms with Gasteiger partial charge < -0.3 is 4.74 Å². The molecule has 0 amide bonds. The fourth-order valence-corrected chi connectivity index (χ4v) is 2.17. The van der Waals surface area contributed by atoms with Gasteiger partial charge in [0.25, 0.3) is 0 Å². The molecule has 0 unspecified atom stereocenters. The van der Waals surface area contributed by atoms with E-state index in [9.17, 15) is 9.18 Å². The summed E-state index contributed by atoms with van der Waals surface area (Å²) in [6, 6.07) is 15.1. The Kier molecular flexibility index (Phi) is 5.50. The van der Waals surface area contributed by atoms with Crippen molar-refractivity contribution in [3.8, 4) is 0 Å². The molecule has 0 spiro atoms. The summed E-state index contributed by atoms with van der Waals surface area (Å²) in [5, 5.41) is 3.20. The molecule has 3 nitrogen and oxygen atoms in total. The molecule has 0 aliphatic heterocycles. The van der Waals surface area contributed by atoms with E-state index in [1.807, 2.05) is 51.1 Å². The topological polar surface area (TPSA) is 38.3 Å². The van der Waals surface area contributed by atoms with Gasteiger partial charge in [0, 0.05) is 6.54 Å². The molecule has 0 aliphatic carbocycles. The maximum Gasteiger partial charge on any atom is 0.328 e. The number of nitrogens with one attached hydrogen (secondary N) is 1. The first-order chi connectivity index (χ1) is 10.8. The minimum Gasteiger partial charge on any atom is -0.459 e. The molecule has 2 aromatic rings. The van der Waals surface area contributed by atoms with E-state index in [2.05, 4.69) is 5.32 Å². The molecule has 0 bridgehead atoms. The average molecular weight is 315 g/mol. The lowest BCUT2D eigenvalue weighted by molar-refractivity contribution is -0.157. The van der Waals surface area contributed by atoms with Crippen LogP contribution in [0.5, 0.6) is 0 Å². The Morgan fingerprint density at radius 2 is 1.70 bits per heavy atom. The van der Waals surface area contributed by atoms with Gasteiger partial charge in [0.2, 0.25) is 0 Å². The molecular formula is C19H22FNO2. The van der Waals surface area contributed by atoms with Gasteiger partial charge in [-0.05, 0) is 44.0 Å². The maximum atomic E-state index is 13.0. The van der Waals surface area contributed by atoms with Crippen molar-refractivity contribution < 1.29 is 13.9 Å². The van der Waals surface area contributed by atoms with Crippen LogP contribution in [0.2, 0.25) is 0 Å². The van der Waals surface area contributed by atoms with Crippen LogP contribution in [0.15, 0.2) is 54.6 Å². The molecule has 1 N–H and O–H groups in total. The summed E-state index contributed by atoms with van der Waals surface area (Å²) in [6.45, 7) is 5.96. The lowest BCUT2D eigenvalue weighted by atomic mass is 10.1. The zero-order valence-electron chi connectivity index (χ0n) is 13.7. The average Bonchev–Trinajstić information content (AvgIpc) is 2.48. The number of ether oxygens (including phenoxy) is 1. The van der Waals surface area contributed by atoms with Gasteiger partial charge in [-0.2, -0.15) is 0 Å². The first-order valence-electron chi connectivity index (χ1n) is 7.61. The second-order valence-corrected chi connectivity index (χ2v) is 6.38. The van der Waals surface area contributed by atoms with Gasteiger partial charge in [-0.1, -0.05) is 42.5 Å². The first kappa shape index (κ1) is 17.2. The van der Waals surface area contributed by atoms with E-state index < -0.39 is 11.6 Å². The van der Waals surface area contributed by atoms with Crippen LogP contribution >= 0.6 is 0 Å². The third-order valence-corrected chi connectivity index (χ3v) is 3.20. The third-order valence-electron chi connectivity index (χ3n) is 3.20. The SMILES string of the molecule is CC(C)(C)OC(=O)[C@@H](NCc1ccc(F)cc1)c1ccccc1. The zero-order chi connectivity index (χ0) is 16.9. The highest BCUT2D eigenvalue weighted by atomic mass is 19.1. The molecule has 0 aliphatic rings. The van der Waals surface area contributed by atoms with Crippen LogP contribution in [0.3, 0.4) is 0 Å². The number of halogens is 1. The highest BCUT2D eigenvalue weighted by Crippen LogP contribution is 2.19. The van der Waals surface area contributed by atoms with E-state index in [4.69, 9.17) is 4.74 Å². The second kappa shape index (κ2) is 7.38. The van der Waals surface area contributed by atoms with Crippen molar-refractivity contribution in [2.24, 2.45) is 0 Å². The fourth-order valence-electron chi connectivity index (χ4n) is 2.17. The molecule has 0 radical (unpaired) electrons. The highest BCUT2D eigenvalue weighted by molar-refractivity contribution is 5.78. The van der Waals surface area contributed by atoms with Gasteiger partial charge in [0.15, 0.2) is 0 Å². The Hall–Kier alpha value is -2.20. The Morgan fingerprint density at radius 3 is 2.26 bits per heavy atom. The van der Waals surface area contributed by atoms with Gasteiger partial charge in [0.1, 0.15) is 17.5 Å². The molecule has 0 saturated heterocycles. The predicted octanol–water partition coefficient (Wildman–Crippen LogP) is 4.00. The maximum absolute atomic E-state index is 13.0. The molecule has 2 rings (SSSR count). The quantitative estimate of drug-likeness (QED) is 0.848. The van der Waals surface area contributed by atoms with Crippen molar-refractivity contribution >= 4 is 5.97 Å². The lowest BCUT2D eigenvalue weighted by Crippen LogP contribution is -2.34. The standard InChI is InChI=1S/C19H22FNO2/c1-19(2,3)23-18(22)17(15-7-5-4-6-8-15)21-13-14-9-11-16(20)12-10-14/h4-12,17,21H,13H2,1-3H3/t17-/m0/s1. The number of benzene rings is 2. The number of carbonyl (C=O) groups excluding carboxylic acids is 1. The number of carbonyl (C=O) groups is 1. The zero-order valence-corrected chi connectivity index (χ0v) is 13.7. The fraction of sp³-hybridized carbons (Fsp3) is 0.316. The van der Waals surface area contributed by atoms with Crippen molar-refractivity contribution in [1.29, 1.82) is 0 Å². The van der Waals surface area contributed by atoms with Gasteiger partial charge in [0.05, 0.1) is 0 Å². The summed E-state index contributed by atoms with van der Waals surface area (Å²) >= 11 is 0. The van der Waals surface area contributed by atoms with Crippen molar-refractivity contribution in [2.45, 2.75) is 39.0 Å². The van der Waals surface area contributed by atoms with Crippen molar-refractivity contribution in [3.63, 3.8) is 0 Å². The molecule has 0 heterocycles. The van der Waals surface area contributed by atoms with Crippen LogP contribution < -0.4 is 5.32 Å². The predicted molar refractivity (Wildman–Crippen MR) is 88.3 cm³/mol. The Balaban J connectivity index is 2.13.